The van der Waals surface area contributed by atoms with Crippen molar-refractivity contribution in [2.45, 2.75) is 52.7 Å². The number of hydrogen-bond acceptors (Lipinski definition) is 5. The summed E-state index contributed by atoms with van der Waals surface area (Å²) >= 11 is 0. The van der Waals surface area contributed by atoms with Gasteiger partial charge in [0.15, 0.2) is 0 Å². The quantitative estimate of drug-likeness (QED) is 0.539. The second-order valence-electron chi connectivity index (χ2n) is 8.92. The van der Waals surface area contributed by atoms with Gasteiger partial charge in [-0.05, 0) is 69.0 Å². The summed E-state index contributed by atoms with van der Waals surface area (Å²) in [5, 5.41) is 3.61. The van der Waals surface area contributed by atoms with Crippen LogP contribution in [0.15, 0.2) is 48.8 Å². The molecule has 0 atom stereocenters. The van der Waals surface area contributed by atoms with Crippen molar-refractivity contribution < 1.29 is 18.7 Å². The van der Waals surface area contributed by atoms with Gasteiger partial charge in [-0.2, -0.15) is 0 Å². The highest BCUT2D eigenvalue weighted by Gasteiger charge is 2.22. The Morgan fingerprint density at radius 2 is 1.85 bits per heavy atom. The first-order chi connectivity index (χ1) is 15.6. The maximum atomic E-state index is 13.4. The average molecular weight is 453 g/mol. The highest BCUT2D eigenvalue weighted by atomic mass is 19.1. The minimum atomic E-state index is -0.625. The van der Waals surface area contributed by atoms with Gasteiger partial charge < -0.3 is 15.0 Å². The van der Waals surface area contributed by atoms with Crippen LogP contribution < -0.4 is 5.32 Å². The van der Waals surface area contributed by atoms with Gasteiger partial charge in [0.1, 0.15) is 17.2 Å². The molecule has 0 aliphatic heterocycles. The van der Waals surface area contributed by atoms with Crippen LogP contribution in [-0.4, -0.2) is 39.0 Å². The fraction of sp³-hybridized carbons (Fsp3) is 0.360. The van der Waals surface area contributed by atoms with Gasteiger partial charge in [0, 0.05) is 31.6 Å². The summed E-state index contributed by atoms with van der Waals surface area (Å²) in [7, 11) is 0. The molecule has 0 radical (unpaired) electrons. The van der Waals surface area contributed by atoms with Crippen molar-refractivity contribution in [3.8, 4) is 0 Å². The summed E-state index contributed by atoms with van der Waals surface area (Å²) in [5.74, 6) is -0.0961. The topological polar surface area (TPSA) is 84.4 Å². The molecule has 0 saturated heterocycles. The van der Waals surface area contributed by atoms with Crippen LogP contribution in [0.4, 0.5) is 15.0 Å². The number of fused-ring (bicyclic) bond motifs is 1. The summed E-state index contributed by atoms with van der Waals surface area (Å²) in [6.07, 6.45) is 3.59. The molecule has 0 bridgehead atoms. The van der Waals surface area contributed by atoms with E-state index in [-0.39, 0.29) is 11.7 Å². The molecule has 0 aliphatic rings. The molecular formula is C25H29FN4O3. The van der Waals surface area contributed by atoms with E-state index < -0.39 is 11.7 Å². The number of amides is 2. The van der Waals surface area contributed by atoms with Gasteiger partial charge in [-0.15, -0.1) is 0 Å². The second-order valence-corrected chi connectivity index (χ2v) is 8.92. The fourth-order valence-electron chi connectivity index (χ4n) is 3.36. The maximum absolute atomic E-state index is 13.4. The smallest absolute Gasteiger partial charge is 0.410 e. The highest BCUT2D eigenvalue weighted by molar-refractivity contribution is 5.89. The van der Waals surface area contributed by atoms with Gasteiger partial charge in [-0.3, -0.25) is 9.78 Å². The molecule has 33 heavy (non-hydrogen) atoms. The molecule has 2 amide bonds. The Bertz CT molecular complexity index is 1140. The van der Waals surface area contributed by atoms with Crippen molar-refractivity contribution in [1.82, 2.24) is 14.9 Å². The summed E-state index contributed by atoms with van der Waals surface area (Å²) < 4.78 is 19.0. The van der Waals surface area contributed by atoms with E-state index in [2.05, 4.69) is 15.3 Å². The van der Waals surface area contributed by atoms with Crippen molar-refractivity contribution in [3.63, 3.8) is 0 Å². The normalized spacial score (nSPS) is 11.3. The van der Waals surface area contributed by atoms with Crippen LogP contribution >= 0.6 is 0 Å². The Morgan fingerprint density at radius 1 is 1.09 bits per heavy atom. The molecule has 2 heterocycles. The zero-order chi connectivity index (χ0) is 24.0. The third-order valence-electron chi connectivity index (χ3n) is 4.74. The molecule has 2 aromatic heterocycles. The van der Waals surface area contributed by atoms with Crippen LogP contribution in [0.3, 0.4) is 0 Å². The van der Waals surface area contributed by atoms with Gasteiger partial charge in [0.2, 0.25) is 5.91 Å². The molecular weight excluding hydrogens is 423 g/mol. The Kier molecular flexibility index (Phi) is 7.58. The lowest BCUT2D eigenvalue weighted by molar-refractivity contribution is -0.114. The number of nitrogens with one attached hydrogen (secondary N) is 1. The lowest BCUT2D eigenvalue weighted by Crippen LogP contribution is -2.37. The molecule has 1 aromatic carbocycles. The number of nitrogens with zero attached hydrogens (tertiary/aromatic N) is 3. The fourth-order valence-corrected chi connectivity index (χ4v) is 3.36. The summed E-state index contributed by atoms with van der Waals surface area (Å²) in [6.45, 7) is 7.67. The van der Waals surface area contributed by atoms with Gasteiger partial charge in [-0.1, -0.05) is 12.1 Å². The maximum Gasteiger partial charge on any atom is 0.410 e. The molecule has 0 aliphatic carbocycles. The molecule has 0 saturated carbocycles. The van der Waals surface area contributed by atoms with Crippen LogP contribution in [0.2, 0.25) is 0 Å². The largest absolute Gasteiger partial charge is 0.444 e. The van der Waals surface area contributed by atoms with Crippen LogP contribution in [0.1, 0.15) is 45.2 Å². The third-order valence-corrected chi connectivity index (χ3v) is 4.74. The molecule has 7 nitrogen and oxygen atoms in total. The molecule has 1 N–H and O–H groups in total. The van der Waals surface area contributed by atoms with E-state index in [1.807, 2.05) is 45.0 Å². The molecule has 174 valence electrons. The second kappa shape index (κ2) is 10.4. The number of hydrogen-bond donors (Lipinski definition) is 1. The standard InChI is InChI=1S/C25H29FN4O3/c1-17(31)28-23-10-9-20-8-7-19(13-22(20)29-23)16-30(24(32)33-25(2,3)4)11-5-6-18-12-21(26)15-27-14-18/h7-10,12-15H,5-6,11,16H2,1-4H3,(H,28,29,31). The van der Waals surface area contributed by atoms with Crippen molar-refractivity contribution >= 4 is 28.7 Å². The first-order valence-electron chi connectivity index (χ1n) is 10.8. The number of carbonyl (C=O) groups excluding carboxylic acids is 2. The number of carbonyl (C=O) groups is 2. The zero-order valence-corrected chi connectivity index (χ0v) is 19.4. The number of benzene rings is 1. The van der Waals surface area contributed by atoms with E-state index in [4.69, 9.17) is 4.74 Å². The third kappa shape index (κ3) is 7.52. The van der Waals surface area contributed by atoms with Gasteiger partial charge >= 0.3 is 6.09 Å². The predicted octanol–water partition coefficient (Wildman–Crippen LogP) is 5.10. The van der Waals surface area contributed by atoms with E-state index in [1.165, 1.54) is 19.2 Å². The Hall–Kier alpha value is -3.55. The average Bonchev–Trinajstić information content (AvgIpc) is 2.71. The van der Waals surface area contributed by atoms with Gasteiger partial charge in [0.05, 0.1) is 11.7 Å². The number of anilines is 1. The lowest BCUT2D eigenvalue weighted by atomic mass is 10.1. The van der Waals surface area contributed by atoms with Gasteiger partial charge in [-0.25, -0.2) is 14.2 Å². The van der Waals surface area contributed by atoms with Crippen molar-refractivity contribution in [2.75, 3.05) is 11.9 Å². The van der Waals surface area contributed by atoms with Crippen molar-refractivity contribution in [3.05, 3.63) is 65.7 Å². The number of rotatable bonds is 7. The van der Waals surface area contributed by atoms with E-state index in [0.29, 0.717) is 37.3 Å². The number of aromatic nitrogens is 2. The van der Waals surface area contributed by atoms with Gasteiger partial charge in [0.25, 0.3) is 0 Å². The first-order valence-corrected chi connectivity index (χ1v) is 10.8. The SMILES string of the molecule is CC(=O)Nc1ccc2ccc(CN(CCCc3cncc(F)c3)C(=O)OC(C)(C)C)cc2n1. The van der Waals surface area contributed by atoms with Crippen LogP contribution in [0.25, 0.3) is 10.9 Å². The Balaban J connectivity index is 1.76. The van der Waals surface area contributed by atoms with Crippen LogP contribution in [0.5, 0.6) is 0 Å². The van der Waals surface area contributed by atoms with Crippen molar-refractivity contribution in [2.24, 2.45) is 0 Å². The summed E-state index contributed by atoms with van der Waals surface area (Å²) in [5.41, 5.74) is 1.75. The number of pyridine rings is 2. The van der Waals surface area contributed by atoms with Crippen molar-refractivity contribution in [1.29, 1.82) is 0 Å². The van der Waals surface area contributed by atoms with E-state index in [9.17, 15) is 14.0 Å². The Morgan fingerprint density at radius 3 is 2.55 bits per heavy atom. The number of aryl methyl sites for hydroxylation is 1. The lowest BCUT2D eigenvalue weighted by Gasteiger charge is -2.27. The molecule has 8 heteroatoms. The monoisotopic (exact) mass is 452 g/mol. The predicted molar refractivity (Wildman–Crippen MR) is 125 cm³/mol. The van der Waals surface area contributed by atoms with E-state index in [0.717, 1.165) is 16.5 Å². The molecule has 3 rings (SSSR count). The summed E-state index contributed by atoms with van der Waals surface area (Å²) in [4.78, 5) is 34.2. The first kappa shape index (κ1) is 24.1. The van der Waals surface area contributed by atoms with Crippen LogP contribution in [-0.2, 0) is 22.5 Å². The number of ether oxygens (including phenoxy) is 1. The minimum absolute atomic E-state index is 0.192. The number of halogens is 1. The molecule has 0 spiro atoms. The van der Waals surface area contributed by atoms with E-state index >= 15 is 0 Å². The molecule has 3 aromatic rings. The highest BCUT2D eigenvalue weighted by Crippen LogP contribution is 2.20. The zero-order valence-electron chi connectivity index (χ0n) is 19.4. The Labute approximate surface area is 193 Å². The minimum Gasteiger partial charge on any atom is -0.444 e. The van der Waals surface area contributed by atoms with E-state index in [1.54, 1.807) is 17.2 Å². The molecule has 0 unspecified atom stereocenters. The summed E-state index contributed by atoms with van der Waals surface area (Å²) in [6, 6.07) is 10.9. The molecule has 0 fully saturated rings. The van der Waals surface area contributed by atoms with Crippen LogP contribution in [0, 0.1) is 5.82 Å².